The van der Waals surface area contributed by atoms with E-state index in [1.807, 2.05) is 30.5 Å². The normalized spacial score (nSPS) is 15.5. The van der Waals surface area contributed by atoms with Crippen molar-refractivity contribution in [3.63, 3.8) is 0 Å². The third-order valence-corrected chi connectivity index (χ3v) is 5.93. The summed E-state index contributed by atoms with van der Waals surface area (Å²) in [6, 6.07) is 6.84. The number of amides is 2. The van der Waals surface area contributed by atoms with E-state index >= 15 is 0 Å². The second kappa shape index (κ2) is 9.89. The summed E-state index contributed by atoms with van der Waals surface area (Å²) in [7, 11) is 1.59. The third-order valence-electron chi connectivity index (χ3n) is 5.05. The van der Waals surface area contributed by atoms with Crippen LogP contribution in [-0.4, -0.2) is 43.0 Å². The number of nitrogens with zero attached hydrogens (tertiary/aromatic N) is 1. The van der Waals surface area contributed by atoms with Gasteiger partial charge in [0.1, 0.15) is 11.5 Å². The number of thiophene rings is 1. The zero-order valence-electron chi connectivity index (χ0n) is 16.5. The Balaban J connectivity index is 1.85. The summed E-state index contributed by atoms with van der Waals surface area (Å²) in [4.78, 5) is 28.9. The number of carbonyl (C=O) groups is 2. The highest BCUT2D eigenvalue weighted by Gasteiger charge is 2.35. The molecule has 2 aromatic rings. The summed E-state index contributed by atoms with van der Waals surface area (Å²) in [6.45, 7) is 2.51. The van der Waals surface area contributed by atoms with E-state index in [9.17, 15) is 9.59 Å². The summed E-state index contributed by atoms with van der Waals surface area (Å²) in [5.41, 5.74) is 0. The van der Waals surface area contributed by atoms with Crippen molar-refractivity contribution in [3.05, 3.63) is 46.0 Å². The Morgan fingerprint density at radius 1 is 1.32 bits per heavy atom. The SMILES string of the molecule is COCCN(C(=O)Cc1cccs1)C(C(=O)NC1CCCC1)c1ccc(C)o1. The van der Waals surface area contributed by atoms with E-state index in [4.69, 9.17) is 9.15 Å². The standard InChI is InChI=1S/C21H28N2O4S/c1-15-9-10-18(27-15)20(21(25)22-16-6-3-4-7-16)23(11-12-26-2)19(24)14-17-8-5-13-28-17/h5,8-10,13,16,20H,3-4,6-7,11-12,14H2,1-2H3,(H,22,25). The number of carbonyl (C=O) groups excluding carboxylic acids is 2. The van der Waals surface area contributed by atoms with Gasteiger partial charge in [-0.15, -0.1) is 11.3 Å². The lowest BCUT2D eigenvalue weighted by Gasteiger charge is -2.30. The highest BCUT2D eigenvalue weighted by molar-refractivity contribution is 7.10. The maximum Gasteiger partial charge on any atom is 0.250 e. The van der Waals surface area contributed by atoms with Gasteiger partial charge in [0.05, 0.1) is 13.0 Å². The van der Waals surface area contributed by atoms with E-state index in [1.54, 1.807) is 18.1 Å². The van der Waals surface area contributed by atoms with Crippen molar-refractivity contribution in [3.8, 4) is 0 Å². The van der Waals surface area contributed by atoms with Crippen LogP contribution in [0.15, 0.2) is 34.1 Å². The molecule has 0 bridgehead atoms. The Labute approximate surface area is 169 Å². The molecule has 0 saturated heterocycles. The lowest BCUT2D eigenvalue weighted by Crippen LogP contribution is -2.47. The number of nitrogens with one attached hydrogen (secondary N) is 1. The average Bonchev–Trinajstić information content (AvgIpc) is 3.42. The third kappa shape index (κ3) is 5.23. The molecule has 2 aromatic heterocycles. The Kier molecular flexibility index (Phi) is 7.28. The molecule has 1 unspecified atom stereocenters. The number of rotatable bonds is 9. The van der Waals surface area contributed by atoms with Crippen LogP contribution < -0.4 is 5.32 Å². The van der Waals surface area contributed by atoms with Gasteiger partial charge in [-0.2, -0.15) is 0 Å². The Bertz CT molecular complexity index is 765. The van der Waals surface area contributed by atoms with Gasteiger partial charge in [-0.25, -0.2) is 0 Å². The van der Waals surface area contributed by atoms with Crippen LogP contribution in [0.5, 0.6) is 0 Å². The molecule has 0 aliphatic heterocycles. The Morgan fingerprint density at radius 3 is 2.71 bits per heavy atom. The summed E-state index contributed by atoms with van der Waals surface area (Å²) in [5, 5.41) is 5.07. The van der Waals surface area contributed by atoms with Crippen molar-refractivity contribution in [2.24, 2.45) is 0 Å². The molecule has 0 spiro atoms. The lowest BCUT2D eigenvalue weighted by molar-refractivity contribution is -0.142. The van der Waals surface area contributed by atoms with E-state index in [-0.39, 0.29) is 24.3 Å². The molecular formula is C21H28N2O4S. The fourth-order valence-electron chi connectivity index (χ4n) is 3.63. The minimum absolute atomic E-state index is 0.111. The van der Waals surface area contributed by atoms with Gasteiger partial charge < -0.3 is 19.4 Å². The van der Waals surface area contributed by atoms with E-state index < -0.39 is 6.04 Å². The Morgan fingerprint density at radius 2 is 2.11 bits per heavy atom. The van der Waals surface area contributed by atoms with Gasteiger partial charge in [-0.3, -0.25) is 9.59 Å². The van der Waals surface area contributed by atoms with Gasteiger partial charge in [-0.1, -0.05) is 18.9 Å². The molecule has 2 amide bonds. The average molecular weight is 405 g/mol. The Hall–Kier alpha value is -2.12. The van der Waals surface area contributed by atoms with Crippen LogP contribution in [0.1, 0.15) is 48.1 Å². The number of furan rings is 1. The quantitative estimate of drug-likeness (QED) is 0.695. The topological polar surface area (TPSA) is 71.8 Å². The minimum Gasteiger partial charge on any atom is -0.464 e. The van der Waals surface area contributed by atoms with Gasteiger partial charge in [-0.05, 0) is 43.3 Å². The van der Waals surface area contributed by atoms with Crippen molar-refractivity contribution >= 4 is 23.2 Å². The van der Waals surface area contributed by atoms with E-state index in [0.29, 0.717) is 24.7 Å². The first kappa shape index (κ1) is 20.6. The van der Waals surface area contributed by atoms with E-state index in [0.717, 1.165) is 30.6 Å². The van der Waals surface area contributed by atoms with Gasteiger partial charge in [0, 0.05) is 24.6 Å². The molecule has 1 fully saturated rings. The number of aryl methyl sites for hydroxylation is 1. The molecule has 0 aromatic carbocycles. The summed E-state index contributed by atoms with van der Waals surface area (Å²) < 4.78 is 11.0. The molecule has 6 nitrogen and oxygen atoms in total. The van der Waals surface area contributed by atoms with Crippen molar-refractivity contribution in [1.82, 2.24) is 10.2 Å². The van der Waals surface area contributed by atoms with Crippen LogP contribution in [0, 0.1) is 6.92 Å². The predicted molar refractivity (Wildman–Crippen MR) is 108 cm³/mol. The molecule has 0 radical (unpaired) electrons. The molecule has 2 heterocycles. The van der Waals surface area contributed by atoms with E-state index in [2.05, 4.69) is 5.32 Å². The van der Waals surface area contributed by atoms with Crippen molar-refractivity contribution in [1.29, 1.82) is 0 Å². The van der Waals surface area contributed by atoms with Gasteiger partial charge >= 0.3 is 0 Å². The van der Waals surface area contributed by atoms with Crippen LogP contribution >= 0.6 is 11.3 Å². The van der Waals surface area contributed by atoms with Crippen LogP contribution in [0.25, 0.3) is 0 Å². The molecule has 28 heavy (non-hydrogen) atoms. The van der Waals surface area contributed by atoms with Gasteiger partial charge in [0.25, 0.3) is 5.91 Å². The zero-order chi connectivity index (χ0) is 19.9. The second-order valence-electron chi connectivity index (χ2n) is 7.18. The van der Waals surface area contributed by atoms with Crippen molar-refractivity contribution in [2.45, 2.75) is 51.1 Å². The largest absolute Gasteiger partial charge is 0.464 e. The summed E-state index contributed by atoms with van der Waals surface area (Å²) >= 11 is 1.54. The molecular weight excluding hydrogens is 376 g/mol. The van der Waals surface area contributed by atoms with Crippen LogP contribution in [-0.2, 0) is 20.7 Å². The second-order valence-corrected chi connectivity index (χ2v) is 8.21. The zero-order valence-corrected chi connectivity index (χ0v) is 17.3. The number of ether oxygens (including phenoxy) is 1. The van der Waals surface area contributed by atoms with E-state index in [1.165, 1.54) is 11.3 Å². The molecule has 1 aliphatic rings. The smallest absolute Gasteiger partial charge is 0.250 e. The van der Waals surface area contributed by atoms with Gasteiger partial charge in [0.15, 0.2) is 6.04 Å². The predicted octanol–water partition coefficient (Wildman–Crippen LogP) is 3.47. The molecule has 7 heteroatoms. The molecule has 1 atom stereocenters. The maximum atomic E-state index is 13.2. The highest BCUT2D eigenvalue weighted by atomic mass is 32.1. The molecule has 3 rings (SSSR count). The number of methoxy groups -OCH3 is 1. The summed E-state index contributed by atoms with van der Waals surface area (Å²) in [5.74, 6) is 0.909. The first-order valence-corrected chi connectivity index (χ1v) is 10.6. The first-order valence-electron chi connectivity index (χ1n) is 9.76. The lowest BCUT2D eigenvalue weighted by atomic mass is 10.1. The van der Waals surface area contributed by atoms with Crippen molar-refractivity contribution in [2.75, 3.05) is 20.3 Å². The maximum absolute atomic E-state index is 13.2. The van der Waals surface area contributed by atoms with Crippen LogP contribution in [0.2, 0.25) is 0 Å². The molecule has 1 aliphatic carbocycles. The van der Waals surface area contributed by atoms with Crippen LogP contribution in [0.4, 0.5) is 0 Å². The van der Waals surface area contributed by atoms with Gasteiger partial charge in [0.2, 0.25) is 5.91 Å². The molecule has 152 valence electrons. The molecule has 1 saturated carbocycles. The first-order chi connectivity index (χ1) is 13.6. The summed E-state index contributed by atoms with van der Waals surface area (Å²) in [6.07, 6.45) is 4.47. The fraction of sp³-hybridized carbons (Fsp3) is 0.524. The number of hydrogen-bond donors (Lipinski definition) is 1. The number of hydrogen-bond acceptors (Lipinski definition) is 5. The highest BCUT2D eigenvalue weighted by Crippen LogP contribution is 2.26. The van der Waals surface area contributed by atoms with Crippen LogP contribution in [0.3, 0.4) is 0 Å². The molecule has 1 N–H and O–H groups in total. The monoisotopic (exact) mass is 404 g/mol. The fourth-order valence-corrected chi connectivity index (χ4v) is 4.32. The van der Waals surface area contributed by atoms with Crippen molar-refractivity contribution < 1.29 is 18.7 Å². The minimum atomic E-state index is -0.795.